The van der Waals surface area contributed by atoms with Gasteiger partial charge in [-0.25, -0.2) is 0 Å². The minimum atomic E-state index is 0.0600. The zero-order valence-corrected chi connectivity index (χ0v) is 6.64. The van der Waals surface area contributed by atoms with Gasteiger partial charge in [-0.1, -0.05) is 6.08 Å². The standard InChI is InChI=1S/C8H13NO/c1-4-8(9)5-6(2)7(3)10/h4-5H,9H2,1-3H3/b6-5+,8-4+. The van der Waals surface area contributed by atoms with Crippen LogP contribution >= 0.6 is 0 Å². The number of nitrogens with two attached hydrogens (primary N) is 1. The molecule has 0 saturated heterocycles. The van der Waals surface area contributed by atoms with E-state index in [4.69, 9.17) is 5.73 Å². The predicted molar refractivity (Wildman–Crippen MR) is 42.4 cm³/mol. The Morgan fingerprint density at radius 1 is 1.40 bits per heavy atom. The van der Waals surface area contributed by atoms with Gasteiger partial charge in [-0.3, -0.25) is 4.79 Å². The molecule has 0 bridgehead atoms. The highest BCUT2D eigenvalue weighted by Gasteiger charge is 1.94. The molecule has 0 aromatic carbocycles. The van der Waals surface area contributed by atoms with Crippen molar-refractivity contribution in [2.45, 2.75) is 20.8 Å². The largest absolute Gasteiger partial charge is 0.399 e. The fraction of sp³-hybridized carbons (Fsp3) is 0.375. The molecule has 0 aromatic heterocycles. The first-order valence-electron chi connectivity index (χ1n) is 3.19. The van der Waals surface area contributed by atoms with E-state index in [1.54, 1.807) is 19.1 Å². The van der Waals surface area contributed by atoms with Gasteiger partial charge >= 0.3 is 0 Å². The Morgan fingerprint density at radius 2 is 1.90 bits per heavy atom. The first-order chi connectivity index (χ1) is 4.57. The molecule has 56 valence electrons. The third-order valence-electron chi connectivity index (χ3n) is 1.27. The van der Waals surface area contributed by atoms with E-state index < -0.39 is 0 Å². The Balaban J connectivity index is 4.31. The van der Waals surface area contributed by atoms with Crippen LogP contribution in [0, 0.1) is 0 Å². The van der Waals surface area contributed by atoms with Crippen molar-refractivity contribution in [3.05, 3.63) is 23.4 Å². The third kappa shape index (κ3) is 3.07. The maximum atomic E-state index is 10.6. The number of hydrogen-bond acceptors (Lipinski definition) is 2. The Hall–Kier alpha value is -1.05. The fourth-order valence-corrected chi connectivity index (χ4v) is 0.435. The number of Topliss-reactive ketones (excluding diaryl/α,β-unsaturated/α-hetero) is 1. The first-order valence-corrected chi connectivity index (χ1v) is 3.19. The molecule has 0 aliphatic carbocycles. The van der Waals surface area contributed by atoms with Crippen LogP contribution in [0.5, 0.6) is 0 Å². The molecular formula is C8H13NO. The normalized spacial score (nSPS) is 13.5. The summed E-state index contributed by atoms with van der Waals surface area (Å²) in [6.45, 7) is 5.10. The van der Waals surface area contributed by atoms with Crippen LogP contribution in [-0.2, 0) is 4.79 Å². The first kappa shape index (κ1) is 8.95. The summed E-state index contributed by atoms with van der Waals surface area (Å²) in [5.74, 6) is 0.0600. The van der Waals surface area contributed by atoms with Crippen LogP contribution in [0.2, 0.25) is 0 Å². The van der Waals surface area contributed by atoms with Gasteiger partial charge in [0.1, 0.15) is 0 Å². The molecular weight excluding hydrogens is 126 g/mol. The molecule has 0 rings (SSSR count). The maximum absolute atomic E-state index is 10.6. The molecule has 0 aromatic rings. The summed E-state index contributed by atoms with van der Waals surface area (Å²) >= 11 is 0. The second-order valence-corrected chi connectivity index (χ2v) is 2.17. The third-order valence-corrected chi connectivity index (χ3v) is 1.27. The van der Waals surface area contributed by atoms with Gasteiger partial charge in [-0.15, -0.1) is 0 Å². The molecule has 0 aliphatic heterocycles. The highest BCUT2D eigenvalue weighted by Crippen LogP contribution is 1.97. The van der Waals surface area contributed by atoms with Gasteiger partial charge in [-0.2, -0.15) is 0 Å². The van der Waals surface area contributed by atoms with Gasteiger partial charge in [0.2, 0.25) is 0 Å². The number of ketones is 1. The van der Waals surface area contributed by atoms with Crippen LogP contribution in [0.1, 0.15) is 20.8 Å². The average Bonchev–Trinajstić information content (AvgIpc) is 1.87. The molecule has 2 heteroatoms. The summed E-state index contributed by atoms with van der Waals surface area (Å²) < 4.78 is 0. The van der Waals surface area contributed by atoms with Gasteiger partial charge in [0.25, 0.3) is 0 Å². The van der Waals surface area contributed by atoms with Crippen molar-refractivity contribution in [3.8, 4) is 0 Å². The second kappa shape index (κ2) is 3.88. The maximum Gasteiger partial charge on any atom is 0.155 e. The number of hydrogen-bond donors (Lipinski definition) is 1. The molecule has 0 unspecified atom stereocenters. The Kier molecular flexibility index (Phi) is 3.47. The van der Waals surface area contributed by atoms with Crippen LogP contribution < -0.4 is 5.73 Å². The fourth-order valence-electron chi connectivity index (χ4n) is 0.435. The lowest BCUT2D eigenvalue weighted by atomic mass is 10.2. The van der Waals surface area contributed by atoms with E-state index in [0.717, 1.165) is 0 Å². The van der Waals surface area contributed by atoms with Crippen molar-refractivity contribution in [2.24, 2.45) is 5.73 Å². The summed E-state index contributed by atoms with van der Waals surface area (Å²) in [6, 6.07) is 0. The van der Waals surface area contributed by atoms with Gasteiger partial charge in [0, 0.05) is 5.70 Å². The summed E-state index contributed by atoms with van der Waals surface area (Å²) in [5.41, 5.74) is 6.77. The average molecular weight is 139 g/mol. The van der Waals surface area contributed by atoms with E-state index in [9.17, 15) is 4.79 Å². The minimum Gasteiger partial charge on any atom is -0.399 e. The summed E-state index contributed by atoms with van der Waals surface area (Å²) in [7, 11) is 0. The van der Waals surface area contributed by atoms with E-state index in [0.29, 0.717) is 11.3 Å². The van der Waals surface area contributed by atoms with Crippen LogP contribution in [0.3, 0.4) is 0 Å². The second-order valence-electron chi connectivity index (χ2n) is 2.17. The number of carbonyl (C=O) groups excluding carboxylic acids is 1. The molecule has 0 aliphatic rings. The summed E-state index contributed by atoms with van der Waals surface area (Å²) in [5, 5.41) is 0. The van der Waals surface area contributed by atoms with E-state index >= 15 is 0 Å². The van der Waals surface area contributed by atoms with E-state index in [1.807, 2.05) is 6.92 Å². The minimum absolute atomic E-state index is 0.0600. The lowest BCUT2D eigenvalue weighted by Gasteiger charge is -1.93. The Morgan fingerprint density at radius 3 is 2.20 bits per heavy atom. The summed E-state index contributed by atoms with van der Waals surface area (Å²) in [4.78, 5) is 10.6. The molecule has 0 spiro atoms. The molecule has 0 fully saturated rings. The van der Waals surface area contributed by atoms with Crippen molar-refractivity contribution in [1.29, 1.82) is 0 Å². The van der Waals surface area contributed by atoms with Gasteiger partial charge < -0.3 is 5.73 Å². The van der Waals surface area contributed by atoms with Crippen LogP contribution in [0.4, 0.5) is 0 Å². The lowest BCUT2D eigenvalue weighted by Crippen LogP contribution is -1.97. The van der Waals surface area contributed by atoms with Crippen LogP contribution in [-0.4, -0.2) is 5.78 Å². The molecule has 0 amide bonds. The van der Waals surface area contributed by atoms with Crippen LogP contribution in [0.15, 0.2) is 23.4 Å². The van der Waals surface area contributed by atoms with E-state index in [2.05, 4.69) is 0 Å². The SMILES string of the molecule is C/C=C(N)\C=C(/C)C(C)=O. The van der Waals surface area contributed by atoms with Crippen molar-refractivity contribution >= 4 is 5.78 Å². The lowest BCUT2D eigenvalue weighted by molar-refractivity contribution is -0.113. The van der Waals surface area contributed by atoms with Crippen molar-refractivity contribution in [2.75, 3.05) is 0 Å². The molecule has 0 heterocycles. The van der Waals surface area contributed by atoms with Crippen LogP contribution in [0.25, 0.3) is 0 Å². The Bertz CT molecular complexity index is 189. The number of rotatable bonds is 2. The summed E-state index contributed by atoms with van der Waals surface area (Å²) in [6.07, 6.45) is 3.43. The molecule has 10 heavy (non-hydrogen) atoms. The Labute approximate surface area is 61.4 Å². The molecule has 2 N–H and O–H groups in total. The topological polar surface area (TPSA) is 43.1 Å². The quantitative estimate of drug-likeness (QED) is 0.464. The molecule has 0 saturated carbocycles. The predicted octanol–water partition coefficient (Wildman–Crippen LogP) is 1.38. The molecule has 2 nitrogen and oxygen atoms in total. The number of carbonyl (C=O) groups is 1. The van der Waals surface area contributed by atoms with E-state index in [1.165, 1.54) is 6.92 Å². The highest BCUT2D eigenvalue weighted by atomic mass is 16.1. The zero-order chi connectivity index (χ0) is 8.15. The highest BCUT2D eigenvalue weighted by molar-refractivity contribution is 5.93. The molecule has 0 atom stereocenters. The van der Waals surface area contributed by atoms with Gasteiger partial charge in [0.15, 0.2) is 5.78 Å². The zero-order valence-electron chi connectivity index (χ0n) is 6.64. The monoisotopic (exact) mass is 139 g/mol. The van der Waals surface area contributed by atoms with Crippen molar-refractivity contribution < 1.29 is 4.79 Å². The van der Waals surface area contributed by atoms with Gasteiger partial charge in [0.05, 0.1) is 0 Å². The van der Waals surface area contributed by atoms with Crippen molar-refractivity contribution in [1.82, 2.24) is 0 Å². The number of allylic oxidation sites excluding steroid dienone is 3. The smallest absolute Gasteiger partial charge is 0.155 e. The van der Waals surface area contributed by atoms with E-state index in [-0.39, 0.29) is 5.78 Å². The molecule has 0 radical (unpaired) electrons. The van der Waals surface area contributed by atoms with Crippen molar-refractivity contribution in [3.63, 3.8) is 0 Å². The van der Waals surface area contributed by atoms with Gasteiger partial charge in [-0.05, 0) is 32.4 Å².